The molecule has 1 heterocycles. The number of hydrogen-bond acceptors (Lipinski definition) is 6. The van der Waals surface area contributed by atoms with E-state index in [4.69, 9.17) is 14.2 Å². The highest BCUT2D eigenvalue weighted by Gasteiger charge is 2.45. The third kappa shape index (κ3) is 4.42. The third-order valence-corrected chi connectivity index (χ3v) is 7.11. The van der Waals surface area contributed by atoms with Crippen LogP contribution in [0.5, 0.6) is 0 Å². The predicted molar refractivity (Wildman–Crippen MR) is 96.7 cm³/mol. The first kappa shape index (κ1) is 20.5. The maximum atomic E-state index is 10.1. The summed E-state index contributed by atoms with van der Waals surface area (Å²) in [7, 11) is 3.33. The molecule has 0 amide bonds. The van der Waals surface area contributed by atoms with Crippen LogP contribution in [0.2, 0.25) is 0 Å². The molecule has 152 valence electrons. The lowest BCUT2D eigenvalue weighted by Gasteiger charge is -2.37. The average molecular weight is 373 g/mol. The van der Waals surface area contributed by atoms with E-state index < -0.39 is 0 Å². The molecule has 9 atom stereocenters. The third-order valence-electron chi connectivity index (χ3n) is 7.11. The lowest BCUT2D eigenvalue weighted by molar-refractivity contribution is -0.0800. The Morgan fingerprint density at radius 2 is 1.58 bits per heavy atom. The molecule has 3 N–H and O–H groups in total. The van der Waals surface area contributed by atoms with Crippen LogP contribution in [0.1, 0.15) is 44.9 Å². The van der Waals surface area contributed by atoms with Crippen molar-refractivity contribution < 1.29 is 29.5 Å². The highest BCUT2D eigenvalue weighted by molar-refractivity contribution is 4.94. The molecule has 0 spiro atoms. The predicted octanol–water partition coefficient (Wildman–Crippen LogP) is 1.35. The monoisotopic (exact) mass is 372 g/mol. The molecule has 6 heteroatoms. The van der Waals surface area contributed by atoms with Gasteiger partial charge in [-0.15, -0.1) is 0 Å². The Labute approximate surface area is 156 Å². The van der Waals surface area contributed by atoms with E-state index in [2.05, 4.69) is 0 Å². The summed E-state index contributed by atoms with van der Waals surface area (Å²) in [6, 6.07) is 0. The molecule has 6 unspecified atom stereocenters. The zero-order chi connectivity index (χ0) is 18.7. The van der Waals surface area contributed by atoms with Gasteiger partial charge in [0.15, 0.2) is 0 Å². The zero-order valence-corrected chi connectivity index (χ0v) is 16.1. The van der Waals surface area contributed by atoms with Crippen LogP contribution in [0.4, 0.5) is 0 Å². The lowest BCUT2D eigenvalue weighted by atomic mass is 9.73. The number of hydrogen-bond donors (Lipinski definition) is 3. The molecule has 1 aliphatic heterocycles. The van der Waals surface area contributed by atoms with Crippen LogP contribution < -0.4 is 0 Å². The van der Waals surface area contributed by atoms with Gasteiger partial charge in [0, 0.05) is 26.7 Å². The fourth-order valence-electron chi connectivity index (χ4n) is 5.52. The second-order valence-electron chi connectivity index (χ2n) is 8.58. The molecular weight excluding hydrogens is 336 g/mol. The van der Waals surface area contributed by atoms with E-state index in [1.807, 2.05) is 0 Å². The van der Waals surface area contributed by atoms with Gasteiger partial charge in [-0.3, -0.25) is 0 Å². The van der Waals surface area contributed by atoms with E-state index in [0.29, 0.717) is 24.4 Å². The van der Waals surface area contributed by atoms with Crippen LogP contribution in [0, 0.1) is 23.7 Å². The van der Waals surface area contributed by atoms with Gasteiger partial charge in [-0.2, -0.15) is 0 Å². The number of methoxy groups -OCH3 is 2. The normalized spacial score (nSPS) is 47.2. The molecule has 6 nitrogen and oxygen atoms in total. The van der Waals surface area contributed by atoms with Crippen molar-refractivity contribution in [1.82, 2.24) is 0 Å². The first-order chi connectivity index (χ1) is 12.6. The maximum absolute atomic E-state index is 10.1. The van der Waals surface area contributed by atoms with Crippen molar-refractivity contribution in [2.45, 2.75) is 75.5 Å². The smallest absolute Gasteiger partial charge is 0.0833 e. The Morgan fingerprint density at radius 3 is 2.23 bits per heavy atom. The maximum Gasteiger partial charge on any atom is 0.0833 e. The van der Waals surface area contributed by atoms with Crippen molar-refractivity contribution in [1.29, 1.82) is 0 Å². The first-order valence-electron chi connectivity index (χ1n) is 10.2. The van der Waals surface area contributed by atoms with E-state index in [9.17, 15) is 15.3 Å². The average Bonchev–Trinajstić information content (AvgIpc) is 3.06. The molecule has 2 saturated carbocycles. The fourth-order valence-corrected chi connectivity index (χ4v) is 5.52. The van der Waals surface area contributed by atoms with Gasteiger partial charge in [0.25, 0.3) is 0 Å². The Morgan fingerprint density at radius 1 is 0.923 bits per heavy atom. The number of aliphatic hydroxyl groups is 3. The van der Waals surface area contributed by atoms with Crippen molar-refractivity contribution in [2.24, 2.45) is 23.7 Å². The van der Waals surface area contributed by atoms with Crippen molar-refractivity contribution in [3.05, 3.63) is 0 Å². The van der Waals surface area contributed by atoms with Gasteiger partial charge < -0.3 is 29.5 Å². The number of ether oxygens (including phenoxy) is 3. The molecule has 0 aromatic rings. The van der Waals surface area contributed by atoms with Crippen LogP contribution in [0.3, 0.4) is 0 Å². The van der Waals surface area contributed by atoms with Gasteiger partial charge >= 0.3 is 0 Å². The van der Waals surface area contributed by atoms with E-state index in [0.717, 1.165) is 44.9 Å². The fraction of sp³-hybridized carbons (Fsp3) is 1.00. The number of rotatable bonds is 6. The zero-order valence-electron chi connectivity index (χ0n) is 16.1. The van der Waals surface area contributed by atoms with Crippen molar-refractivity contribution in [3.63, 3.8) is 0 Å². The van der Waals surface area contributed by atoms with Crippen molar-refractivity contribution in [2.75, 3.05) is 27.4 Å². The molecule has 0 bridgehead atoms. The topological polar surface area (TPSA) is 88.4 Å². The molecule has 3 rings (SSSR count). The second kappa shape index (κ2) is 9.30. The van der Waals surface area contributed by atoms with E-state index in [-0.39, 0.29) is 43.0 Å². The highest BCUT2D eigenvalue weighted by Crippen LogP contribution is 2.42. The van der Waals surface area contributed by atoms with E-state index >= 15 is 0 Å². The summed E-state index contributed by atoms with van der Waals surface area (Å²) in [6.45, 7) is 0.846. The summed E-state index contributed by atoms with van der Waals surface area (Å²) >= 11 is 0. The van der Waals surface area contributed by atoms with Crippen LogP contribution in [0.25, 0.3) is 0 Å². The summed E-state index contributed by atoms with van der Waals surface area (Å²) < 4.78 is 17.0. The minimum Gasteiger partial charge on any atom is -0.396 e. The standard InChI is InChI=1S/C20H36O6/c1-24-18-8-12(3-5-16(18)22)7-14-11-26-20(15(14)10-21)13-4-6-17(23)19(9-13)25-2/h12-23H,3-11H2,1-2H3/t12?,13?,14-,15-,16?,17?,18?,19?,20+/m0/s1. The molecule has 0 aromatic heterocycles. The lowest BCUT2D eigenvalue weighted by Crippen LogP contribution is -2.42. The van der Waals surface area contributed by atoms with Crippen LogP contribution >= 0.6 is 0 Å². The first-order valence-corrected chi connectivity index (χ1v) is 10.2. The highest BCUT2D eigenvalue weighted by atomic mass is 16.5. The van der Waals surface area contributed by atoms with Crippen LogP contribution in [0.15, 0.2) is 0 Å². The van der Waals surface area contributed by atoms with E-state index in [1.165, 1.54) is 0 Å². The van der Waals surface area contributed by atoms with Crippen LogP contribution in [-0.2, 0) is 14.2 Å². The van der Waals surface area contributed by atoms with Gasteiger partial charge in [-0.1, -0.05) is 0 Å². The van der Waals surface area contributed by atoms with Crippen LogP contribution in [-0.4, -0.2) is 73.3 Å². The molecule has 3 fully saturated rings. The molecule has 0 aromatic carbocycles. The van der Waals surface area contributed by atoms with Gasteiger partial charge in [0.1, 0.15) is 0 Å². The molecule has 26 heavy (non-hydrogen) atoms. The molecule has 0 radical (unpaired) electrons. The van der Waals surface area contributed by atoms with Gasteiger partial charge in [0.05, 0.1) is 37.1 Å². The summed E-state index contributed by atoms with van der Waals surface area (Å²) in [4.78, 5) is 0. The Hall–Kier alpha value is -0.240. The molecule has 1 saturated heterocycles. The summed E-state index contributed by atoms with van der Waals surface area (Å²) in [5.74, 6) is 1.37. The minimum absolute atomic E-state index is 0.0579. The van der Waals surface area contributed by atoms with E-state index in [1.54, 1.807) is 14.2 Å². The van der Waals surface area contributed by atoms with Gasteiger partial charge in [-0.05, 0) is 62.7 Å². The van der Waals surface area contributed by atoms with Crippen molar-refractivity contribution >= 4 is 0 Å². The molecular formula is C20H36O6. The Bertz CT molecular complexity index is 433. The number of aliphatic hydroxyl groups excluding tert-OH is 3. The molecule has 3 aliphatic rings. The second-order valence-corrected chi connectivity index (χ2v) is 8.58. The largest absolute Gasteiger partial charge is 0.396 e. The molecule has 2 aliphatic carbocycles. The van der Waals surface area contributed by atoms with Crippen molar-refractivity contribution in [3.8, 4) is 0 Å². The summed E-state index contributed by atoms with van der Waals surface area (Å²) in [5.41, 5.74) is 0. The van der Waals surface area contributed by atoms with Gasteiger partial charge in [0.2, 0.25) is 0 Å². The SMILES string of the molecule is COC1CC(C[C@H]2CO[C@H](C3CCC(O)C(OC)C3)[C@H]2CO)CCC1O. The Kier molecular flexibility index (Phi) is 7.33. The Balaban J connectivity index is 1.57. The quantitative estimate of drug-likeness (QED) is 0.652. The summed E-state index contributed by atoms with van der Waals surface area (Å²) in [6.07, 6.45) is 5.31. The summed E-state index contributed by atoms with van der Waals surface area (Å²) in [5, 5.41) is 30.1. The van der Waals surface area contributed by atoms with Gasteiger partial charge in [-0.25, -0.2) is 0 Å². The minimum atomic E-state index is -0.388.